The van der Waals surface area contributed by atoms with Gasteiger partial charge in [0.05, 0.1) is 7.11 Å². The third-order valence-electron chi connectivity index (χ3n) is 1.71. The van der Waals surface area contributed by atoms with Crippen molar-refractivity contribution in [3.05, 3.63) is 30.5 Å². The van der Waals surface area contributed by atoms with E-state index >= 15 is 0 Å². The summed E-state index contributed by atoms with van der Waals surface area (Å²) in [6.07, 6.45) is 1.89. The van der Waals surface area contributed by atoms with Gasteiger partial charge in [0.15, 0.2) is 0 Å². The van der Waals surface area contributed by atoms with Gasteiger partial charge in [0, 0.05) is 17.1 Å². The van der Waals surface area contributed by atoms with Crippen molar-refractivity contribution in [2.75, 3.05) is 7.11 Å². The predicted molar refractivity (Wildman–Crippen MR) is 43.7 cm³/mol. The van der Waals surface area contributed by atoms with Crippen LogP contribution in [0.4, 0.5) is 0 Å². The van der Waals surface area contributed by atoms with Gasteiger partial charge in [-0.2, -0.15) is 0 Å². The van der Waals surface area contributed by atoms with Crippen LogP contribution in [0, 0.1) is 6.07 Å². The van der Waals surface area contributed by atoms with Crippen LogP contribution in [0.1, 0.15) is 0 Å². The molecule has 0 fully saturated rings. The van der Waals surface area contributed by atoms with E-state index in [1.807, 2.05) is 24.4 Å². The maximum absolute atomic E-state index is 5.13. The van der Waals surface area contributed by atoms with E-state index in [4.69, 9.17) is 4.74 Å². The Balaban J connectivity index is 2.79. The SMILES string of the molecule is COc1c[c]cc2[nH]ccc12. The summed E-state index contributed by atoms with van der Waals surface area (Å²) in [6, 6.07) is 8.70. The lowest BCUT2D eigenvalue weighted by atomic mass is 10.2. The highest BCUT2D eigenvalue weighted by atomic mass is 16.5. The molecule has 0 atom stereocenters. The molecule has 11 heavy (non-hydrogen) atoms. The zero-order valence-corrected chi connectivity index (χ0v) is 6.22. The second-order valence-electron chi connectivity index (χ2n) is 2.33. The molecule has 0 saturated heterocycles. The van der Waals surface area contributed by atoms with Crippen LogP contribution in [0.2, 0.25) is 0 Å². The first-order chi connectivity index (χ1) is 5.42. The molecular weight excluding hydrogens is 138 g/mol. The highest BCUT2D eigenvalue weighted by Crippen LogP contribution is 2.23. The van der Waals surface area contributed by atoms with Gasteiger partial charge in [0.1, 0.15) is 5.75 Å². The Morgan fingerprint density at radius 2 is 2.36 bits per heavy atom. The Bertz CT molecular complexity index is 364. The second-order valence-corrected chi connectivity index (χ2v) is 2.33. The molecule has 0 bridgehead atoms. The fourth-order valence-corrected chi connectivity index (χ4v) is 1.16. The molecular formula is C9H8NO. The lowest BCUT2D eigenvalue weighted by Gasteiger charge is -1.98. The van der Waals surface area contributed by atoms with Crippen LogP contribution in [0.5, 0.6) is 5.75 Å². The van der Waals surface area contributed by atoms with Crippen molar-refractivity contribution < 1.29 is 4.74 Å². The van der Waals surface area contributed by atoms with E-state index in [0.29, 0.717) is 0 Å². The molecule has 0 unspecified atom stereocenters. The first-order valence-electron chi connectivity index (χ1n) is 3.43. The Kier molecular flexibility index (Phi) is 1.32. The maximum atomic E-state index is 5.13. The van der Waals surface area contributed by atoms with Crippen molar-refractivity contribution in [1.29, 1.82) is 0 Å². The molecule has 1 aromatic carbocycles. The average Bonchev–Trinajstić information content (AvgIpc) is 2.50. The molecule has 2 rings (SSSR count). The number of nitrogens with one attached hydrogen (secondary N) is 1. The summed E-state index contributed by atoms with van der Waals surface area (Å²) < 4.78 is 5.13. The van der Waals surface area contributed by atoms with Crippen molar-refractivity contribution in [2.45, 2.75) is 0 Å². The molecule has 0 saturated carbocycles. The average molecular weight is 146 g/mol. The monoisotopic (exact) mass is 146 g/mol. The Labute approximate surface area is 64.8 Å². The van der Waals surface area contributed by atoms with Crippen LogP contribution in [0.3, 0.4) is 0 Å². The zero-order chi connectivity index (χ0) is 7.68. The fourth-order valence-electron chi connectivity index (χ4n) is 1.16. The molecule has 1 radical (unpaired) electrons. The van der Waals surface area contributed by atoms with E-state index in [2.05, 4.69) is 11.1 Å². The van der Waals surface area contributed by atoms with E-state index in [-0.39, 0.29) is 0 Å². The van der Waals surface area contributed by atoms with E-state index in [1.54, 1.807) is 7.11 Å². The Hall–Kier alpha value is -1.44. The minimum atomic E-state index is 0.865. The largest absolute Gasteiger partial charge is 0.496 e. The molecule has 0 aliphatic rings. The Morgan fingerprint density at radius 1 is 1.45 bits per heavy atom. The summed E-state index contributed by atoms with van der Waals surface area (Å²) in [5.74, 6) is 0.865. The van der Waals surface area contributed by atoms with Crippen molar-refractivity contribution in [3.63, 3.8) is 0 Å². The van der Waals surface area contributed by atoms with E-state index in [1.165, 1.54) is 0 Å². The minimum Gasteiger partial charge on any atom is -0.496 e. The number of fused-ring (bicyclic) bond motifs is 1. The summed E-state index contributed by atoms with van der Waals surface area (Å²) in [6.45, 7) is 0. The summed E-state index contributed by atoms with van der Waals surface area (Å²) in [5.41, 5.74) is 1.06. The van der Waals surface area contributed by atoms with Crippen LogP contribution in [-0.2, 0) is 0 Å². The standard InChI is InChI=1S/C9H8NO/c1-11-9-4-2-3-8-7(9)5-6-10-8/h3-6,10H,1H3. The number of methoxy groups -OCH3 is 1. The fraction of sp³-hybridized carbons (Fsp3) is 0.111. The van der Waals surface area contributed by atoms with Crippen LogP contribution in [-0.4, -0.2) is 12.1 Å². The molecule has 1 N–H and O–H groups in total. The van der Waals surface area contributed by atoms with Crippen molar-refractivity contribution in [2.24, 2.45) is 0 Å². The number of H-pyrrole nitrogens is 1. The number of aromatic amines is 1. The van der Waals surface area contributed by atoms with Crippen molar-refractivity contribution >= 4 is 10.9 Å². The van der Waals surface area contributed by atoms with E-state index in [9.17, 15) is 0 Å². The quantitative estimate of drug-likeness (QED) is 0.653. The van der Waals surface area contributed by atoms with Gasteiger partial charge in [-0.15, -0.1) is 0 Å². The first-order valence-corrected chi connectivity index (χ1v) is 3.43. The Morgan fingerprint density at radius 3 is 3.18 bits per heavy atom. The number of hydrogen-bond acceptors (Lipinski definition) is 1. The summed E-state index contributed by atoms with van der Waals surface area (Å²) in [5, 5.41) is 1.10. The third kappa shape index (κ3) is 0.871. The van der Waals surface area contributed by atoms with Crippen molar-refractivity contribution in [1.82, 2.24) is 4.98 Å². The predicted octanol–water partition coefficient (Wildman–Crippen LogP) is 1.98. The minimum absolute atomic E-state index is 0.865. The van der Waals surface area contributed by atoms with Crippen LogP contribution in [0.15, 0.2) is 24.4 Å². The van der Waals surface area contributed by atoms with Gasteiger partial charge in [-0.05, 0) is 24.3 Å². The normalized spacial score (nSPS) is 10.3. The van der Waals surface area contributed by atoms with E-state index in [0.717, 1.165) is 16.7 Å². The summed E-state index contributed by atoms with van der Waals surface area (Å²) >= 11 is 0. The number of hydrogen-bond donors (Lipinski definition) is 1. The lowest BCUT2D eigenvalue weighted by Crippen LogP contribution is -1.81. The first kappa shape index (κ1) is 6.28. The van der Waals surface area contributed by atoms with Gasteiger partial charge in [-0.1, -0.05) is 0 Å². The van der Waals surface area contributed by atoms with Crippen LogP contribution < -0.4 is 4.74 Å². The molecule has 2 nitrogen and oxygen atoms in total. The van der Waals surface area contributed by atoms with Gasteiger partial charge < -0.3 is 9.72 Å². The maximum Gasteiger partial charge on any atom is 0.128 e. The lowest BCUT2D eigenvalue weighted by molar-refractivity contribution is 0.420. The van der Waals surface area contributed by atoms with Gasteiger partial charge >= 0.3 is 0 Å². The smallest absolute Gasteiger partial charge is 0.128 e. The molecule has 55 valence electrons. The number of rotatable bonds is 1. The molecule has 2 aromatic rings. The van der Waals surface area contributed by atoms with Gasteiger partial charge in [-0.25, -0.2) is 0 Å². The molecule has 1 heterocycles. The highest BCUT2D eigenvalue weighted by Gasteiger charge is 1.98. The van der Waals surface area contributed by atoms with Crippen molar-refractivity contribution in [3.8, 4) is 5.75 Å². The van der Waals surface area contributed by atoms with Crippen LogP contribution in [0.25, 0.3) is 10.9 Å². The number of benzene rings is 1. The summed E-state index contributed by atoms with van der Waals surface area (Å²) in [7, 11) is 1.66. The molecule has 0 aliphatic carbocycles. The second kappa shape index (κ2) is 2.31. The zero-order valence-electron chi connectivity index (χ0n) is 6.22. The molecule has 2 heteroatoms. The topological polar surface area (TPSA) is 25.0 Å². The van der Waals surface area contributed by atoms with Gasteiger partial charge in [-0.3, -0.25) is 0 Å². The van der Waals surface area contributed by atoms with E-state index < -0.39 is 0 Å². The molecule has 0 aliphatic heterocycles. The van der Waals surface area contributed by atoms with Gasteiger partial charge in [0.2, 0.25) is 0 Å². The summed E-state index contributed by atoms with van der Waals surface area (Å²) in [4.78, 5) is 3.08. The molecule has 1 aromatic heterocycles. The third-order valence-corrected chi connectivity index (χ3v) is 1.71. The highest BCUT2D eigenvalue weighted by molar-refractivity contribution is 5.85. The van der Waals surface area contributed by atoms with Crippen LogP contribution >= 0.6 is 0 Å². The molecule has 0 spiro atoms. The molecule has 0 amide bonds. The number of ether oxygens (including phenoxy) is 1. The van der Waals surface area contributed by atoms with Gasteiger partial charge in [0.25, 0.3) is 0 Å². The number of aromatic nitrogens is 1.